The summed E-state index contributed by atoms with van der Waals surface area (Å²) >= 11 is 1.78. The van der Waals surface area contributed by atoms with Crippen molar-refractivity contribution in [2.75, 3.05) is 12.3 Å². The minimum atomic E-state index is 0.0752. The first-order valence-corrected chi connectivity index (χ1v) is 12.9. The van der Waals surface area contributed by atoms with Crippen molar-refractivity contribution in [1.29, 1.82) is 0 Å². The minimum Gasteiger partial charge on any atom is -0.334 e. The third-order valence-corrected chi connectivity index (χ3v) is 8.10. The van der Waals surface area contributed by atoms with Crippen LogP contribution in [0.1, 0.15) is 42.2 Å². The molecular formula is C26H28N6OS. The molecule has 174 valence electrons. The van der Waals surface area contributed by atoms with Crippen molar-refractivity contribution >= 4 is 28.7 Å². The molecule has 7 nitrogen and oxygen atoms in total. The molecular weight excluding hydrogens is 444 g/mol. The number of carbonyl (C=O) groups excluding carboxylic acids is 1. The lowest BCUT2D eigenvalue weighted by Gasteiger charge is -2.28. The van der Waals surface area contributed by atoms with Crippen molar-refractivity contribution in [3.63, 3.8) is 0 Å². The number of aromatic nitrogens is 5. The van der Waals surface area contributed by atoms with Crippen LogP contribution in [0.2, 0.25) is 0 Å². The second kappa shape index (κ2) is 8.27. The fraction of sp³-hybridized carbons (Fsp3) is 0.385. The van der Waals surface area contributed by atoms with Gasteiger partial charge in [0.15, 0.2) is 5.16 Å². The van der Waals surface area contributed by atoms with E-state index >= 15 is 0 Å². The molecule has 4 aromatic rings. The van der Waals surface area contributed by atoms with E-state index in [4.69, 9.17) is 4.98 Å². The van der Waals surface area contributed by atoms with Crippen molar-refractivity contribution in [1.82, 2.24) is 29.4 Å². The zero-order chi connectivity index (χ0) is 23.4. The van der Waals surface area contributed by atoms with Crippen molar-refractivity contribution < 1.29 is 4.79 Å². The van der Waals surface area contributed by atoms with Crippen LogP contribution in [0.5, 0.6) is 0 Å². The number of nitrogens with zero attached hydrogens (tertiary/aromatic N) is 6. The molecule has 0 bridgehead atoms. The van der Waals surface area contributed by atoms with E-state index < -0.39 is 0 Å². The molecule has 1 saturated heterocycles. The lowest BCUT2D eigenvalue weighted by atomic mass is 10.1. The van der Waals surface area contributed by atoms with E-state index in [2.05, 4.69) is 51.7 Å². The number of para-hydroxylation sites is 2. The number of imidazole rings is 1. The summed E-state index contributed by atoms with van der Waals surface area (Å²) < 4.78 is 2.31. The maximum Gasteiger partial charge on any atom is 0.256 e. The largest absolute Gasteiger partial charge is 0.334 e. The van der Waals surface area contributed by atoms with E-state index in [9.17, 15) is 4.79 Å². The smallest absolute Gasteiger partial charge is 0.256 e. The third kappa shape index (κ3) is 3.60. The van der Waals surface area contributed by atoms with Gasteiger partial charge in [-0.05, 0) is 63.3 Å². The highest BCUT2D eigenvalue weighted by Crippen LogP contribution is 2.51. The normalized spacial score (nSPS) is 21.4. The number of aryl methyl sites for hydroxylation is 1. The van der Waals surface area contributed by atoms with Crippen LogP contribution >= 0.6 is 11.8 Å². The van der Waals surface area contributed by atoms with Gasteiger partial charge in [-0.15, -0.1) is 0 Å². The zero-order valence-electron chi connectivity index (χ0n) is 19.6. The monoisotopic (exact) mass is 472 g/mol. The number of thioether (sulfide) groups is 1. The maximum absolute atomic E-state index is 13.8. The number of benzene rings is 2. The van der Waals surface area contributed by atoms with E-state index in [1.165, 1.54) is 16.7 Å². The van der Waals surface area contributed by atoms with Crippen LogP contribution in [0, 0.1) is 18.8 Å². The molecule has 1 saturated carbocycles. The molecule has 3 unspecified atom stereocenters. The first-order valence-electron chi connectivity index (χ1n) is 11.9. The van der Waals surface area contributed by atoms with Gasteiger partial charge in [0.25, 0.3) is 5.91 Å². The van der Waals surface area contributed by atoms with Crippen molar-refractivity contribution in [3.05, 3.63) is 66.0 Å². The summed E-state index contributed by atoms with van der Waals surface area (Å²) in [6, 6.07) is 14.7. The van der Waals surface area contributed by atoms with E-state index in [-0.39, 0.29) is 11.9 Å². The Kier molecular flexibility index (Phi) is 5.21. The first kappa shape index (κ1) is 21.4. The fourth-order valence-corrected chi connectivity index (χ4v) is 6.65. The van der Waals surface area contributed by atoms with Crippen LogP contribution in [-0.4, -0.2) is 53.7 Å². The molecule has 1 aliphatic carbocycles. The van der Waals surface area contributed by atoms with Gasteiger partial charge in [-0.25, -0.2) is 4.98 Å². The zero-order valence-corrected chi connectivity index (χ0v) is 20.4. The summed E-state index contributed by atoms with van der Waals surface area (Å²) in [5.41, 5.74) is 4.65. The number of likely N-dealkylation sites (tertiary alicyclic amines) is 1. The van der Waals surface area contributed by atoms with E-state index in [0.717, 1.165) is 34.2 Å². The predicted octanol–water partition coefficient (Wildman–Crippen LogP) is 4.76. The molecule has 8 heteroatoms. The highest BCUT2D eigenvalue weighted by molar-refractivity contribution is 7.99. The first-order chi connectivity index (χ1) is 16.5. The standard InChI is InChI=1S/C26H28N6OS/c1-16(2)31-23-7-5-4-6-21(23)29-26(31)34-15-24-19-13-18(19)14-30(24)25(33)20-12-17(3)8-9-22(20)32-27-10-11-28-32/h4-12,16,18-19,24H,13-15H2,1-3H3. The number of piperidine rings is 1. The van der Waals surface area contributed by atoms with Gasteiger partial charge in [-0.3, -0.25) is 4.79 Å². The predicted molar refractivity (Wildman–Crippen MR) is 133 cm³/mol. The number of hydrogen-bond donors (Lipinski definition) is 0. The van der Waals surface area contributed by atoms with Gasteiger partial charge in [0.05, 0.1) is 34.7 Å². The molecule has 1 aliphatic heterocycles. The summed E-state index contributed by atoms with van der Waals surface area (Å²) in [5.74, 6) is 2.13. The summed E-state index contributed by atoms with van der Waals surface area (Å²) in [6.45, 7) is 7.24. The molecule has 2 aliphatic rings. The minimum absolute atomic E-state index is 0.0752. The molecule has 2 aromatic heterocycles. The van der Waals surface area contributed by atoms with E-state index in [0.29, 0.717) is 23.4 Å². The lowest BCUT2D eigenvalue weighted by Crippen LogP contribution is -2.40. The Morgan fingerprint density at radius 3 is 2.74 bits per heavy atom. The molecule has 0 radical (unpaired) electrons. The maximum atomic E-state index is 13.8. The summed E-state index contributed by atoms with van der Waals surface area (Å²) in [4.78, 5) is 22.4. The van der Waals surface area contributed by atoms with Crippen LogP contribution in [0.15, 0.2) is 60.0 Å². The quantitative estimate of drug-likeness (QED) is 0.379. The summed E-state index contributed by atoms with van der Waals surface area (Å²) in [5, 5.41) is 9.57. The number of hydrogen-bond acceptors (Lipinski definition) is 5. The number of amides is 1. The second-order valence-electron chi connectivity index (χ2n) is 9.68. The van der Waals surface area contributed by atoms with Crippen LogP contribution in [0.4, 0.5) is 0 Å². The van der Waals surface area contributed by atoms with Gasteiger partial charge in [0, 0.05) is 24.4 Å². The topological polar surface area (TPSA) is 68.8 Å². The van der Waals surface area contributed by atoms with Crippen molar-refractivity contribution in [2.45, 2.75) is 44.4 Å². The van der Waals surface area contributed by atoms with Gasteiger partial charge in [-0.2, -0.15) is 15.0 Å². The van der Waals surface area contributed by atoms with E-state index in [1.54, 1.807) is 24.2 Å². The average molecular weight is 473 g/mol. The Balaban J connectivity index is 1.28. The van der Waals surface area contributed by atoms with Crippen molar-refractivity contribution in [2.24, 2.45) is 11.8 Å². The molecule has 2 aromatic carbocycles. The van der Waals surface area contributed by atoms with Gasteiger partial charge < -0.3 is 9.47 Å². The summed E-state index contributed by atoms with van der Waals surface area (Å²) in [6.07, 6.45) is 4.50. The van der Waals surface area contributed by atoms with Crippen LogP contribution in [0.25, 0.3) is 16.7 Å². The Morgan fingerprint density at radius 2 is 1.94 bits per heavy atom. The second-order valence-corrected chi connectivity index (χ2v) is 10.7. The van der Waals surface area contributed by atoms with Crippen LogP contribution in [0.3, 0.4) is 0 Å². The third-order valence-electron chi connectivity index (χ3n) is 7.04. The van der Waals surface area contributed by atoms with Gasteiger partial charge >= 0.3 is 0 Å². The molecule has 3 atom stereocenters. The van der Waals surface area contributed by atoms with Gasteiger partial charge in [0.2, 0.25) is 0 Å². The molecule has 2 fully saturated rings. The number of fused-ring (bicyclic) bond motifs is 2. The molecule has 1 amide bonds. The van der Waals surface area contributed by atoms with Crippen molar-refractivity contribution in [3.8, 4) is 5.69 Å². The van der Waals surface area contributed by atoms with Crippen LogP contribution in [-0.2, 0) is 0 Å². The lowest BCUT2D eigenvalue weighted by molar-refractivity contribution is 0.0722. The molecule has 0 spiro atoms. The van der Waals surface area contributed by atoms with Gasteiger partial charge in [0.1, 0.15) is 0 Å². The number of rotatable bonds is 6. The van der Waals surface area contributed by atoms with E-state index in [1.807, 2.05) is 31.2 Å². The molecule has 3 heterocycles. The van der Waals surface area contributed by atoms with Gasteiger partial charge in [-0.1, -0.05) is 35.5 Å². The molecule has 34 heavy (non-hydrogen) atoms. The molecule has 0 N–H and O–H groups in total. The fourth-order valence-electron chi connectivity index (χ4n) is 5.29. The molecule has 6 rings (SSSR count). The van der Waals surface area contributed by atoms with Crippen LogP contribution < -0.4 is 0 Å². The average Bonchev–Trinajstić information content (AvgIpc) is 3.20. The Labute approximate surface area is 203 Å². The SMILES string of the molecule is Cc1ccc(-n2nccn2)c(C(=O)N2CC3CC3C2CSc2nc3ccccc3n2C(C)C)c1. The highest BCUT2D eigenvalue weighted by atomic mass is 32.2. The summed E-state index contributed by atoms with van der Waals surface area (Å²) in [7, 11) is 0. The highest BCUT2D eigenvalue weighted by Gasteiger charge is 2.54. The Morgan fingerprint density at radius 1 is 1.15 bits per heavy atom. The Hall–Kier alpha value is -3.13. The number of carbonyl (C=O) groups is 1. The Bertz CT molecular complexity index is 1360.